The Balaban J connectivity index is 2.61. The van der Waals surface area contributed by atoms with Gasteiger partial charge in [-0.15, -0.1) is 0 Å². The van der Waals surface area contributed by atoms with Crippen molar-refractivity contribution in [3.05, 3.63) is 28.2 Å². The number of benzene rings is 1. The van der Waals surface area contributed by atoms with E-state index in [1.54, 1.807) is 13.2 Å². The number of hydrogen-bond acceptors (Lipinski definition) is 2. The van der Waals surface area contributed by atoms with Gasteiger partial charge in [0, 0.05) is 13.7 Å². The molecule has 0 aliphatic rings. The minimum absolute atomic E-state index is 0.556. The fourth-order valence-corrected chi connectivity index (χ4v) is 1.30. The third-order valence-electron chi connectivity index (χ3n) is 1.57. The summed E-state index contributed by atoms with van der Waals surface area (Å²) < 4.78 is 4.90. The van der Waals surface area contributed by atoms with Crippen molar-refractivity contribution in [2.45, 2.75) is 0 Å². The number of nitrogens with one attached hydrogen (secondary N) is 1. The molecule has 1 N–H and O–H groups in total. The van der Waals surface area contributed by atoms with E-state index in [4.69, 9.17) is 27.9 Å². The molecule has 0 radical (unpaired) electrons. The van der Waals surface area contributed by atoms with Crippen LogP contribution in [-0.2, 0) is 4.74 Å². The third-order valence-corrected chi connectivity index (χ3v) is 2.39. The molecule has 0 fully saturated rings. The molecule has 0 spiro atoms. The van der Waals surface area contributed by atoms with Gasteiger partial charge in [-0.2, -0.15) is 0 Å². The van der Waals surface area contributed by atoms with Crippen LogP contribution in [0.5, 0.6) is 0 Å². The van der Waals surface area contributed by atoms with Crippen LogP contribution in [0.1, 0.15) is 0 Å². The van der Waals surface area contributed by atoms with Crippen LogP contribution in [0.15, 0.2) is 18.2 Å². The van der Waals surface area contributed by atoms with Gasteiger partial charge in [0.05, 0.1) is 22.3 Å². The van der Waals surface area contributed by atoms with Gasteiger partial charge >= 0.3 is 0 Å². The van der Waals surface area contributed by atoms with E-state index in [0.717, 1.165) is 12.2 Å². The Morgan fingerprint density at radius 1 is 1.38 bits per heavy atom. The lowest BCUT2D eigenvalue weighted by Gasteiger charge is -2.08. The molecule has 0 bridgehead atoms. The second-order valence-electron chi connectivity index (χ2n) is 2.52. The molecule has 0 heterocycles. The van der Waals surface area contributed by atoms with Crippen LogP contribution in [0.2, 0.25) is 10.0 Å². The predicted octanol–water partition coefficient (Wildman–Crippen LogP) is 3.05. The molecular weight excluding hydrogens is 209 g/mol. The Bertz CT molecular complexity index is 278. The van der Waals surface area contributed by atoms with E-state index in [1.807, 2.05) is 12.1 Å². The molecule has 0 aliphatic heterocycles. The second-order valence-corrected chi connectivity index (χ2v) is 3.31. The minimum Gasteiger partial charge on any atom is -0.383 e. The number of anilines is 1. The van der Waals surface area contributed by atoms with E-state index in [2.05, 4.69) is 5.32 Å². The number of ether oxygens (including phenoxy) is 1. The first-order valence-electron chi connectivity index (χ1n) is 3.92. The number of methoxy groups -OCH3 is 1. The van der Waals surface area contributed by atoms with Gasteiger partial charge in [-0.1, -0.05) is 29.3 Å². The molecule has 72 valence electrons. The van der Waals surface area contributed by atoms with Crippen molar-refractivity contribution in [1.82, 2.24) is 0 Å². The number of rotatable bonds is 4. The Labute approximate surface area is 87.8 Å². The van der Waals surface area contributed by atoms with Gasteiger partial charge < -0.3 is 10.1 Å². The standard InChI is InChI=1S/C9H11Cl2NO/c1-13-6-5-12-8-4-2-3-7(10)9(8)11/h2-4,12H,5-6H2,1H3. The van der Waals surface area contributed by atoms with Crippen molar-refractivity contribution in [2.24, 2.45) is 0 Å². The topological polar surface area (TPSA) is 21.3 Å². The second kappa shape index (κ2) is 5.32. The zero-order valence-corrected chi connectivity index (χ0v) is 8.82. The summed E-state index contributed by atoms with van der Waals surface area (Å²) in [5, 5.41) is 4.23. The van der Waals surface area contributed by atoms with Gasteiger partial charge in [0.15, 0.2) is 0 Å². The van der Waals surface area contributed by atoms with Gasteiger partial charge in [-0.3, -0.25) is 0 Å². The molecule has 0 saturated carbocycles. The highest BCUT2D eigenvalue weighted by atomic mass is 35.5. The van der Waals surface area contributed by atoms with Crippen molar-refractivity contribution in [2.75, 3.05) is 25.6 Å². The number of halogens is 2. The lowest BCUT2D eigenvalue weighted by atomic mass is 10.3. The molecule has 13 heavy (non-hydrogen) atoms. The Morgan fingerprint density at radius 2 is 2.15 bits per heavy atom. The van der Waals surface area contributed by atoms with Crippen molar-refractivity contribution in [1.29, 1.82) is 0 Å². The highest BCUT2D eigenvalue weighted by Crippen LogP contribution is 2.29. The van der Waals surface area contributed by atoms with E-state index >= 15 is 0 Å². The van der Waals surface area contributed by atoms with Crippen LogP contribution in [0, 0.1) is 0 Å². The summed E-state index contributed by atoms with van der Waals surface area (Å²) >= 11 is 11.8. The zero-order chi connectivity index (χ0) is 9.68. The van der Waals surface area contributed by atoms with Crippen LogP contribution < -0.4 is 5.32 Å². The average molecular weight is 220 g/mol. The largest absolute Gasteiger partial charge is 0.383 e. The van der Waals surface area contributed by atoms with Gasteiger partial charge in [0.1, 0.15) is 0 Å². The van der Waals surface area contributed by atoms with E-state index in [9.17, 15) is 0 Å². The van der Waals surface area contributed by atoms with Crippen molar-refractivity contribution < 1.29 is 4.74 Å². The first-order valence-corrected chi connectivity index (χ1v) is 4.68. The monoisotopic (exact) mass is 219 g/mol. The molecule has 4 heteroatoms. The molecule has 1 rings (SSSR count). The summed E-state index contributed by atoms with van der Waals surface area (Å²) in [6, 6.07) is 5.48. The van der Waals surface area contributed by atoms with Crippen LogP contribution >= 0.6 is 23.2 Å². The molecule has 0 aliphatic carbocycles. The summed E-state index contributed by atoms with van der Waals surface area (Å²) in [5.74, 6) is 0. The first-order chi connectivity index (χ1) is 6.25. The van der Waals surface area contributed by atoms with Gasteiger partial charge in [-0.25, -0.2) is 0 Å². The van der Waals surface area contributed by atoms with Gasteiger partial charge in [0.2, 0.25) is 0 Å². The lowest BCUT2D eigenvalue weighted by Crippen LogP contribution is -2.07. The molecule has 2 nitrogen and oxygen atoms in total. The maximum absolute atomic E-state index is 5.94. The Kier molecular flexibility index (Phi) is 4.36. The van der Waals surface area contributed by atoms with Crippen LogP contribution in [0.4, 0.5) is 5.69 Å². The highest BCUT2D eigenvalue weighted by Gasteiger charge is 2.02. The summed E-state index contributed by atoms with van der Waals surface area (Å²) in [6.07, 6.45) is 0. The van der Waals surface area contributed by atoms with E-state index in [1.165, 1.54) is 0 Å². The predicted molar refractivity (Wildman–Crippen MR) is 56.8 cm³/mol. The summed E-state index contributed by atoms with van der Waals surface area (Å²) in [6.45, 7) is 1.36. The van der Waals surface area contributed by atoms with E-state index < -0.39 is 0 Å². The van der Waals surface area contributed by atoms with Gasteiger partial charge in [0.25, 0.3) is 0 Å². The Morgan fingerprint density at radius 3 is 2.85 bits per heavy atom. The molecule has 0 unspecified atom stereocenters. The first kappa shape index (κ1) is 10.6. The minimum atomic E-state index is 0.556. The number of hydrogen-bond donors (Lipinski definition) is 1. The summed E-state index contributed by atoms with van der Waals surface area (Å²) in [7, 11) is 1.65. The SMILES string of the molecule is COCCNc1cccc(Cl)c1Cl. The summed E-state index contributed by atoms with van der Waals surface area (Å²) in [5.41, 5.74) is 0.839. The maximum Gasteiger partial charge on any atom is 0.0823 e. The molecule has 0 saturated heterocycles. The quantitative estimate of drug-likeness (QED) is 0.787. The molecular formula is C9H11Cl2NO. The highest BCUT2D eigenvalue weighted by molar-refractivity contribution is 6.43. The van der Waals surface area contributed by atoms with Crippen molar-refractivity contribution in [3.8, 4) is 0 Å². The maximum atomic E-state index is 5.94. The molecule has 0 amide bonds. The van der Waals surface area contributed by atoms with Crippen molar-refractivity contribution >= 4 is 28.9 Å². The normalized spacial score (nSPS) is 10.1. The van der Waals surface area contributed by atoms with Crippen LogP contribution in [-0.4, -0.2) is 20.3 Å². The fourth-order valence-electron chi connectivity index (χ4n) is 0.928. The molecule has 1 aromatic rings. The van der Waals surface area contributed by atoms with Gasteiger partial charge in [-0.05, 0) is 12.1 Å². The zero-order valence-electron chi connectivity index (χ0n) is 7.31. The van der Waals surface area contributed by atoms with Crippen LogP contribution in [0.25, 0.3) is 0 Å². The Hall–Kier alpha value is -0.440. The van der Waals surface area contributed by atoms with E-state index in [-0.39, 0.29) is 0 Å². The average Bonchev–Trinajstić information content (AvgIpc) is 2.13. The van der Waals surface area contributed by atoms with E-state index in [0.29, 0.717) is 16.7 Å². The smallest absolute Gasteiger partial charge is 0.0823 e. The summed E-state index contributed by atoms with van der Waals surface area (Å²) in [4.78, 5) is 0. The lowest BCUT2D eigenvalue weighted by molar-refractivity contribution is 0.211. The third kappa shape index (κ3) is 3.07. The molecule has 0 atom stereocenters. The fraction of sp³-hybridized carbons (Fsp3) is 0.333. The van der Waals surface area contributed by atoms with Crippen LogP contribution in [0.3, 0.4) is 0 Å². The van der Waals surface area contributed by atoms with Crippen molar-refractivity contribution in [3.63, 3.8) is 0 Å². The molecule has 1 aromatic carbocycles. The molecule has 0 aromatic heterocycles.